The smallest absolute Gasteiger partial charge is 0.545 e. The van der Waals surface area contributed by atoms with Gasteiger partial charge in [-0.15, -0.1) is 0 Å². The van der Waals surface area contributed by atoms with Gasteiger partial charge in [0.25, 0.3) is 0 Å². The molecule has 0 aromatic heterocycles. The van der Waals surface area contributed by atoms with Crippen molar-refractivity contribution < 1.29 is 150 Å². The number of carboxylic acids is 10. The average Bonchev–Trinajstić information content (AvgIpc) is 3.21. The molecule has 0 aliphatic heterocycles. The zero-order valence-corrected chi connectivity index (χ0v) is 34.5. The summed E-state index contributed by atoms with van der Waals surface area (Å²) in [6.07, 6.45) is 0. The maximum atomic E-state index is 10.4. The van der Waals surface area contributed by atoms with Gasteiger partial charge in [0.1, 0.15) is 0 Å². The molecule has 0 atom stereocenters. The van der Waals surface area contributed by atoms with Crippen molar-refractivity contribution in [3.05, 3.63) is 184 Å². The fraction of sp³-hybridized carbons (Fsp3) is 0. The van der Waals surface area contributed by atoms with Crippen LogP contribution >= 0.6 is 0 Å². The van der Waals surface area contributed by atoms with E-state index in [-0.39, 0.29) is 114 Å². The molecule has 0 saturated heterocycles. The Kier molecular flexibility index (Phi) is 25.5. The Morgan fingerprint density at radius 2 is 0.355 bits per heavy atom. The summed E-state index contributed by atoms with van der Waals surface area (Å²) >= 11 is 0. The second-order valence-electron chi connectivity index (χ2n) is 10.7. The van der Waals surface area contributed by atoms with Gasteiger partial charge in [0, 0.05) is 27.8 Å². The van der Waals surface area contributed by atoms with Crippen LogP contribution in [0.2, 0.25) is 0 Å². The SMILES string of the molecule is O=C([O-])c1ccccc1C(=O)O.O=C([O-])c1ccccc1C(=O)O.O=C([O-])c1ccccc1C(=O)O.O=C([O-])c1ccccc1C(=O)O.O=C([O-])c1ccccc1C(=O)O.[C+4].[K+]. The Bertz CT molecular complexity index is 1880. The Morgan fingerprint density at radius 1 is 0.258 bits per heavy atom. The predicted octanol–water partition coefficient (Wildman–Crippen LogP) is -4.17. The van der Waals surface area contributed by atoms with E-state index in [0.717, 1.165) is 0 Å². The van der Waals surface area contributed by atoms with Crippen LogP contribution in [0.25, 0.3) is 0 Å². The Hall–Kier alpha value is -7.56. The van der Waals surface area contributed by atoms with Crippen molar-refractivity contribution in [1.29, 1.82) is 0 Å². The number of carbonyl (C=O) groups is 10. The van der Waals surface area contributed by atoms with Crippen LogP contribution in [0, 0.1) is 7.43 Å². The van der Waals surface area contributed by atoms with E-state index in [4.69, 9.17) is 25.5 Å². The molecule has 20 nitrogen and oxygen atoms in total. The van der Waals surface area contributed by atoms with Crippen LogP contribution in [0.5, 0.6) is 0 Å². The van der Waals surface area contributed by atoms with Crippen molar-refractivity contribution >= 4 is 59.7 Å². The molecule has 0 fully saturated rings. The van der Waals surface area contributed by atoms with Crippen LogP contribution in [-0.2, 0) is 0 Å². The Labute approximate surface area is 391 Å². The molecule has 0 amide bonds. The van der Waals surface area contributed by atoms with Crippen molar-refractivity contribution in [2.75, 3.05) is 0 Å². The minimum absolute atomic E-state index is 0. The molecule has 62 heavy (non-hydrogen) atoms. The molecule has 0 aliphatic rings. The van der Waals surface area contributed by atoms with Gasteiger partial charge in [0.2, 0.25) is 0 Å². The van der Waals surface area contributed by atoms with Gasteiger partial charge in [-0.1, -0.05) is 91.0 Å². The molecule has 310 valence electrons. The molecule has 5 aromatic rings. The fourth-order valence-corrected chi connectivity index (χ4v) is 4.24. The molecule has 5 aromatic carbocycles. The van der Waals surface area contributed by atoms with Crippen molar-refractivity contribution in [2.45, 2.75) is 0 Å². The summed E-state index contributed by atoms with van der Waals surface area (Å²) in [4.78, 5) is 104. The zero-order valence-electron chi connectivity index (χ0n) is 31.4. The number of hydrogen-bond acceptors (Lipinski definition) is 15. The largest absolute Gasteiger partial charge is 4.00 e. The number of benzene rings is 5. The van der Waals surface area contributed by atoms with Crippen LogP contribution in [0.3, 0.4) is 0 Å². The van der Waals surface area contributed by atoms with Gasteiger partial charge < -0.3 is 75.0 Å². The van der Waals surface area contributed by atoms with Gasteiger partial charge in [-0.25, -0.2) is 24.0 Å². The minimum atomic E-state index is -1.48. The van der Waals surface area contributed by atoms with Crippen molar-refractivity contribution in [1.82, 2.24) is 0 Å². The second-order valence-corrected chi connectivity index (χ2v) is 10.7. The maximum Gasteiger partial charge on any atom is 4.00 e. The fourth-order valence-electron chi connectivity index (χ4n) is 4.24. The number of carbonyl (C=O) groups excluding carboxylic acids is 5. The molecule has 0 radical (unpaired) electrons. The van der Waals surface area contributed by atoms with Crippen LogP contribution in [0.4, 0.5) is 0 Å². The summed E-state index contributed by atoms with van der Waals surface area (Å²) in [5.74, 6) is -13.7. The van der Waals surface area contributed by atoms with E-state index < -0.39 is 59.7 Å². The molecule has 5 N–H and O–H groups in total. The van der Waals surface area contributed by atoms with Gasteiger partial charge >= 0.3 is 88.7 Å². The van der Waals surface area contributed by atoms with Crippen LogP contribution in [0.1, 0.15) is 104 Å². The average molecular weight is 877 g/mol. The zero-order chi connectivity index (χ0) is 45.7. The summed E-state index contributed by atoms with van der Waals surface area (Å²) in [6.45, 7) is 0. The van der Waals surface area contributed by atoms with Gasteiger partial charge in [0.15, 0.2) is 0 Å². The first-order chi connectivity index (χ1) is 28.1. The Balaban J connectivity index is 0. The van der Waals surface area contributed by atoms with E-state index in [2.05, 4.69) is 0 Å². The predicted molar refractivity (Wildman–Crippen MR) is 192 cm³/mol. The van der Waals surface area contributed by atoms with Crippen molar-refractivity contribution in [2.24, 2.45) is 0 Å². The Morgan fingerprint density at radius 3 is 0.419 bits per heavy atom. The topological polar surface area (TPSA) is 387 Å². The molecular formula is C41H25KO20. The van der Waals surface area contributed by atoms with Crippen LogP contribution in [-0.4, -0.2) is 85.2 Å². The van der Waals surface area contributed by atoms with Gasteiger partial charge in [-0.05, 0) is 30.3 Å². The van der Waals surface area contributed by atoms with Crippen LogP contribution < -0.4 is 76.9 Å². The van der Waals surface area contributed by atoms with Gasteiger partial charge in [-0.3, -0.25) is 0 Å². The minimum Gasteiger partial charge on any atom is -0.545 e. The maximum absolute atomic E-state index is 10.4. The van der Waals surface area contributed by atoms with E-state index in [9.17, 15) is 73.5 Å². The van der Waals surface area contributed by atoms with E-state index >= 15 is 0 Å². The standard InChI is InChI=1S/5C8H6O4.C.K/c5*9-7(10)5-3-1-2-4-6(5)8(11)12;;/h5*1-4H,(H,9,10)(H,11,12);;/q;;;;;+4;+1/p-5. The first-order valence-electron chi connectivity index (χ1n) is 15.8. The molecule has 5 rings (SSSR count). The molecule has 0 unspecified atom stereocenters. The molecule has 0 heterocycles. The number of rotatable bonds is 10. The molecule has 0 aliphatic carbocycles. The van der Waals surface area contributed by atoms with Crippen molar-refractivity contribution in [3.63, 3.8) is 0 Å². The molecule has 0 spiro atoms. The van der Waals surface area contributed by atoms with Gasteiger partial charge in [0.05, 0.1) is 57.7 Å². The molecular weight excluding hydrogens is 852 g/mol. The summed E-state index contributed by atoms with van der Waals surface area (Å²) in [6, 6.07) is 26.5. The summed E-state index contributed by atoms with van der Waals surface area (Å²) in [5, 5.41) is 94.4. The van der Waals surface area contributed by atoms with Gasteiger partial charge in [-0.2, -0.15) is 0 Å². The van der Waals surface area contributed by atoms with Crippen molar-refractivity contribution in [3.8, 4) is 0 Å². The second kappa shape index (κ2) is 28.0. The summed E-state index contributed by atoms with van der Waals surface area (Å²) in [7, 11) is 0. The first-order valence-corrected chi connectivity index (χ1v) is 15.8. The monoisotopic (exact) mass is 876 g/mol. The summed E-state index contributed by atoms with van der Waals surface area (Å²) in [5.41, 5.74) is -2.77. The van der Waals surface area contributed by atoms with Crippen LogP contribution in [0.15, 0.2) is 121 Å². The quantitative estimate of drug-likeness (QED) is 0.0831. The number of carboxylic acid groups (broad SMARTS) is 10. The third-order valence-electron chi connectivity index (χ3n) is 6.89. The third-order valence-corrected chi connectivity index (χ3v) is 6.89. The number of hydrogen-bond donors (Lipinski definition) is 5. The normalized spacial score (nSPS) is 9.03. The first kappa shape index (κ1) is 56.5. The van der Waals surface area contributed by atoms with E-state index in [1.165, 1.54) is 121 Å². The molecule has 0 saturated carbocycles. The third kappa shape index (κ3) is 18.1. The molecule has 0 bridgehead atoms. The summed E-state index contributed by atoms with van der Waals surface area (Å²) < 4.78 is 0. The van der Waals surface area contributed by atoms with E-state index in [0.29, 0.717) is 0 Å². The van der Waals surface area contributed by atoms with E-state index in [1.807, 2.05) is 0 Å². The van der Waals surface area contributed by atoms with E-state index in [1.54, 1.807) is 0 Å². The number of aromatic carboxylic acids is 10. The molecule has 21 heteroatoms.